The molecule has 53 heavy (non-hydrogen) atoms. The Labute approximate surface area is 339 Å². The third kappa shape index (κ3) is 7.42. The minimum absolute atomic E-state index is 0. The van der Waals surface area contributed by atoms with Crippen molar-refractivity contribution < 1.29 is 56.6 Å². The van der Waals surface area contributed by atoms with Crippen LogP contribution in [0.3, 0.4) is 0 Å². The van der Waals surface area contributed by atoms with Gasteiger partial charge in [0.15, 0.2) is 0 Å². The standard InChI is InChI=1S/2C24H23O.2ClH.Hf/c2*1-16-8-15-23(25-16)22-14-13-21-19(6-5-7-20(21)22)17-9-11-18(12-10-17)24(2,3)4;;;/h2*5-13,15,22H,1-4H3;2*1H;/q;;;;+2/p-2. The Balaban J connectivity index is 0.00000240. The van der Waals surface area contributed by atoms with Crippen LogP contribution in [0.2, 0.25) is 0 Å². The topological polar surface area (TPSA) is 26.3 Å². The molecule has 0 amide bonds. The van der Waals surface area contributed by atoms with Crippen molar-refractivity contribution in [3.63, 3.8) is 0 Å². The fourth-order valence-corrected chi connectivity index (χ4v) is 13.8. The molecule has 0 spiro atoms. The van der Waals surface area contributed by atoms with E-state index in [0.29, 0.717) is 0 Å². The zero-order valence-electron chi connectivity index (χ0n) is 31.8. The van der Waals surface area contributed by atoms with Gasteiger partial charge in [-0.05, 0) is 0 Å². The van der Waals surface area contributed by atoms with E-state index in [2.05, 4.69) is 177 Å². The number of rotatable bonds is 6. The maximum atomic E-state index is 6.46. The second-order valence-electron chi connectivity index (χ2n) is 16.4. The summed E-state index contributed by atoms with van der Waals surface area (Å²) in [5.41, 5.74) is 13.4. The molecule has 6 aromatic rings. The first-order chi connectivity index (χ1) is 24.3. The second kappa shape index (κ2) is 14.9. The molecule has 0 saturated heterocycles. The van der Waals surface area contributed by atoms with Gasteiger partial charge in [-0.1, -0.05) is 0 Å². The monoisotopic (exact) mass is 904 g/mol. The summed E-state index contributed by atoms with van der Waals surface area (Å²) in [4.78, 5) is 0. The van der Waals surface area contributed by atoms with Gasteiger partial charge in [-0.15, -0.1) is 0 Å². The first kappa shape index (κ1) is 39.1. The van der Waals surface area contributed by atoms with Crippen LogP contribution in [-0.2, 0) is 33.7 Å². The Hall–Kier alpha value is -3.63. The first-order valence-electron chi connectivity index (χ1n) is 18.2. The van der Waals surface area contributed by atoms with Gasteiger partial charge in [-0.3, -0.25) is 0 Å². The van der Waals surface area contributed by atoms with Crippen molar-refractivity contribution in [2.75, 3.05) is 0 Å². The third-order valence-electron chi connectivity index (χ3n) is 10.6. The molecule has 0 saturated carbocycles. The number of halogens is 2. The molecule has 4 aromatic carbocycles. The smallest absolute Gasteiger partial charge is 1.00 e. The van der Waals surface area contributed by atoms with E-state index in [4.69, 9.17) is 8.83 Å². The zero-order valence-corrected chi connectivity index (χ0v) is 36.9. The van der Waals surface area contributed by atoms with E-state index < -0.39 is 22.9 Å². The number of allylic oxidation sites excluding steroid dienone is 2. The predicted octanol–water partition coefficient (Wildman–Crippen LogP) is 7.18. The van der Waals surface area contributed by atoms with Crippen LogP contribution in [0.5, 0.6) is 0 Å². The van der Waals surface area contributed by atoms with Crippen LogP contribution in [0.4, 0.5) is 0 Å². The van der Waals surface area contributed by atoms with Crippen LogP contribution in [0, 0.1) is 13.8 Å². The van der Waals surface area contributed by atoms with Crippen LogP contribution < -0.4 is 24.8 Å². The summed E-state index contributed by atoms with van der Waals surface area (Å²) < 4.78 is 16.0. The quantitative estimate of drug-likeness (QED) is 0.166. The minimum atomic E-state index is -1.68. The van der Waals surface area contributed by atoms with E-state index in [1.165, 1.54) is 55.6 Å². The zero-order chi connectivity index (χ0) is 35.7. The maximum Gasteiger partial charge on any atom is -1.00 e. The SMILES string of the molecule is Cc1ccc(C2[C]([Hf+2][C]3=Cc4c(-c5ccc(C(C)(C)C)cc5)cccc4C3c3ccc(C)o3)=Cc3c(-c4ccc(C(C)(C)C)cc4)cccc32)o1.[Cl-].[Cl-]. The van der Waals surface area contributed by atoms with Gasteiger partial charge in [0.1, 0.15) is 0 Å². The summed E-state index contributed by atoms with van der Waals surface area (Å²) in [6.07, 6.45) is 5.07. The van der Waals surface area contributed by atoms with Crippen molar-refractivity contribution in [3.8, 4) is 22.3 Å². The van der Waals surface area contributed by atoms with E-state index in [1.54, 1.807) is 6.66 Å². The van der Waals surface area contributed by atoms with Crippen molar-refractivity contribution in [2.24, 2.45) is 0 Å². The van der Waals surface area contributed by atoms with Gasteiger partial charge in [-0.25, -0.2) is 0 Å². The summed E-state index contributed by atoms with van der Waals surface area (Å²) >= 11 is -1.68. The molecule has 0 radical (unpaired) electrons. The van der Waals surface area contributed by atoms with E-state index >= 15 is 0 Å². The van der Waals surface area contributed by atoms with Gasteiger partial charge in [0.2, 0.25) is 0 Å². The van der Waals surface area contributed by atoms with E-state index in [-0.39, 0.29) is 47.5 Å². The van der Waals surface area contributed by atoms with Crippen molar-refractivity contribution in [3.05, 3.63) is 172 Å². The molecule has 2 aliphatic rings. The summed E-state index contributed by atoms with van der Waals surface area (Å²) in [7, 11) is 0. The number of aryl methyl sites for hydroxylation is 2. The Morgan fingerprint density at radius 1 is 0.472 bits per heavy atom. The van der Waals surface area contributed by atoms with E-state index in [9.17, 15) is 0 Å². The Morgan fingerprint density at radius 2 is 0.849 bits per heavy atom. The molecule has 2 unspecified atom stereocenters. The van der Waals surface area contributed by atoms with Crippen molar-refractivity contribution >= 4 is 12.2 Å². The van der Waals surface area contributed by atoms with Crippen molar-refractivity contribution in [1.29, 1.82) is 0 Å². The number of fused-ring (bicyclic) bond motifs is 2. The third-order valence-corrected chi connectivity index (χ3v) is 15.8. The second-order valence-corrected chi connectivity index (χ2v) is 21.4. The van der Waals surface area contributed by atoms with Gasteiger partial charge in [0.05, 0.1) is 0 Å². The molecule has 2 aromatic heterocycles. The summed E-state index contributed by atoms with van der Waals surface area (Å²) in [5.74, 6) is 4.26. The molecule has 268 valence electrons. The van der Waals surface area contributed by atoms with E-state index in [1.807, 2.05) is 0 Å². The van der Waals surface area contributed by atoms with Gasteiger partial charge in [0, 0.05) is 0 Å². The van der Waals surface area contributed by atoms with Gasteiger partial charge in [0.25, 0.3) is 0 Å². The van der Waals surface area contributed by atoms with Crippen molar-refractivity contribution in [2.45, 2.75) is 78.1 Å². The molecule has 0 fully saturated rings. The minimum Gasteiger partial charge on any atom is -1.00 e. The van der Waals surface area contributed by atoms with Crippen LogP contribution in [0.15, 0.2) is 125 Å². The molecule has 2 nitrogen and oxygen atoms in total. The molecule has 5 heteroatoms. The molecule has 8 rings (SSSR count). The van der Waals surface area contributed by atoms with Crippen LogP contribution in [0.25, 0.3) is 34.4 Å². The summed E-state index contributed by atoms with van der Waals surface area (Å²) in [5, 5.41) is 0. The van der Waals surface area contributed by atoms with E-state index in [0.717, 1.165) is 23.0 Å². The van der Waals surface area contributed by atoms with Gasteiger partial charge in [-0.2, -0.15) is 0 Å². The predicted molar refractivity (Wildman–Crippen MR) is 208 cm³/mol. The molecule has 2 aliphatic carbocycles. The number of benzene rings is 4. The Morgan fingerprint density at radius 3 is 1.17 bits per heavy atom. The average Bonchev–Trinajstić information content (AvgIpc) is 3.88. The fourth-order valence-electron chi connectivity index (χ4n) is 7.82. The average molecular weight is 904 g/mol. The maximum absolute atomic E-state index is 6.46. The van der Waals surface area contributed by atoms with Gasteiger partial charge < -0.3 is 24.8 Å². The largest absolute Gasteiger partial charge is 1.00 e. The van der Waals surface area contributed by atoms with Gasteiger partial charge >= 0.3 is 316 Å². The molecule has 0 N–H and O–H groups in total. The number of hydrogen-bond donors (Lipinski definition) is 0. The molecule has 0 aliphatic heterocycles. The first-order valence-corrected chi connectivity index (χ1v) is 21.7. The molecular formula is C48H46Cl2HfO2. The molecular weight excluding hydrogens is 858 g/mol. The number of furan rings is 2. The normalized spacial score (nSPS) is 16.2. The molecule has 2 atom stereocenters. The Bertz CT molecular complexity index is 2160. The van der Waals surface area contributed by atoms with Crippen LogP contribution >= 0.6 is 0 Å². The number of hydrogen-bond acceptors (Lipinski definition) is 2. The fraction of sp³-hybridized carbons (Fsp3) is 0.250. The van der Waals surface area contributed by atoms with Crippen LogP contribution in [0.1, 0.15) is 110 Å². The molecule has 0 bridgehead atoms. The van der Waals surface area contributed by atoms with Crippen LogP contribution in [-0.4, -0.2) is 0 Å². The summed E-state index contributed by atoms with van der Waals surface area (Å²) in [6.45, 7) is 17.8. The molecule has 2 heterocycles. The summed E-state index contributed by atoms with van der Waals surface area (Å²) in [6, 6.07) is 40.7. The van der Waals surface area contributed by atoms with Crippen molar-refractivity contribution in [1.82, 2.24) is 0 Å². The Kier molecular flexibility index (Phi) is 11.0.